The van der Waals surface area contributed by atoms with E-state index in [1.54, 1.807) is 7.11 Å². The molecule has 0 aromatic heterocycles. The van der Waals surface area contributed by atoms with Gasteiger partial charge in [0.25, 0.3) is 0 Å². The summed E-state index contributed by atoms with van der Waals surface area (Å²) in [6, 6.07) is 13.0. The quantitative estimate of drug-likeness (QED) is 0.892. The molecule has 0 bridgehead atoms. The Morgan fingerprint density at radius 3 is 2.68 bits per heavy atom. The molecule has 0 radical (unpaired) electrons. The molecule has 0 saturated heterocycles. The third-order valence-electron chi connectivity index (χ3n) is 3.61. The smallest absolute Gasteiger partial charge is 0.123 e. The Balaban J connectivity index is 2.00. The highest BCUT2D eigenvalue weighted by molar-refractivity contribution is 5.43. The van der Waals surface area contributed by atoms with Crippen molar-refractivity contribution in [3.05, 3.63) is 65.0 Å². The first-order valence-electron chi connectivity index (χ1n) is 6.43. The molecule has 3 rings (SSSR count). The third-order valence-corrected chi connectivity index (χ3v) is 3.61. The lowest BCUT2D eigenvalue weighted by molar-refractivity contribution is 0.413. The zero-order valence-electron chi connectivity index (χ0n) is 10.8. The Hall–Kier alpha value is -1.87. The van der Waals surface area contributed by atoms with E-state index in [0.717, 1.165) is 24.3 Å². The molecule has 98 valence electrons. The van der Waals surface area contributed by atoms with Crippen LogP contribution in [0.15, 0.2) is 42.5 Å². The first kappa shape index (κ1) is 12.2. The molecule has 1 aliphatic rings. The maximum Gasteiger partial charge on any atom is 0.123 e. The molecule has 1 aliphatic heterocycles. The van der Waals surface area contributed by atoms with Gasteiger partial charge in [0.2, 0.25) is 0 Å². The Morgan fingerprint density at radius 2 is 1.95 bits per heavy atom. The first-order valence-corrected chi connectivity index (χ1v) is 6.43. The number of hydrogen-bond donors (Lipinski definition) is 1. The molecule has 1 heterocycles. The van der Waals surface area contributed by atoms with Gasteiger partial charge in [-0.2, -0.15) is 0 Å². The van der Waals surface area contributed by atoms with Crippen molar-refractivity contribution >= 4 is 0 Å². The summed E-state index contributed by atoms with van der Waals surface area (Å²) in [5.41, 5.74) is 3.64. The van der Waals surface area contributed by atoms with E-state index in [4.69, 9.17) is 4.74 Å². The molecule has 2 aromatic rings. The van der Waals surface area contributed by atoms with Crippen LogP contribution in [0.2, 0.25) is 0 Å². The lowest BCUT2D eigenvalue weighted by Gasteiger charge is -2.27. The monoisotopic (exact) mass is 257 g/mol. The van der Waals surface area contributed by atoms with Crippen molar-refractivity contribution in [3.8, 4) is 5.75 Å². The maximum atomic E-state index is 13.0. The van der Waals surface area contributed by atoms with Crippen LogP contribution in [0.4, 0.5) is 4.39 Å². The first-order chi connectivity index (χ1) is 9.28. The highest BCUT2D eigenvalue weighted by atomic mass is 19.1. The SMILES string of the molecule is COc1ccc2c(c1)CCNC2c1ccc(F)cc1. The fourth-order valence-electron chi connectivity index (χ4n) is 2.62. The lowest BCUT2D eigenvalue weighted by atomic mass is 9.90. The summed E-state index contributed by atoms with van der Waals surface area (Å²) in [6.07, 6.45) is 0.990. The number of rotatable bonds is 2. The minimum absolute atomic E-state index is 0.134. The fraction of sp³-hybridized carbons (Fsp3) is 0.250. The predicted molar refractivity (Wildman–Crippen MR) is 72.9 cm³/mol. The molecule has 1 atom stereocenters. The van der Waals surface area contributed by atoms with E-state index in [2.05, 4.69) is 17.4 Å². The van der Waals surface area contributed by atoms with Gasteiger partial charge in [0.1, 0.15) is 11.6 Å². The van der Waals surface area contributed by atoms with Gasteiger partial charge in [0.05, 0.1) is 13.2 Å². The van der Waals surface area contributed by atoms with E-state index in [1.807, 2.05) is 18.2 Å². The van der Waals surface area contributed by atoms with Crippen LogP contribution in [-0.2, 0) is 6.42 Å². The standard InChI is InChI=1S/C16H16FNO/c1-19-14-6-7-15-12(10-14)8-9-18-16(15)11-2-4-13(17)5-3-11/h2-7,10,16,18H,8-9H2,1H3. The summed E-state index contributed by atoms with van der Waals surface area (Å²) in [5, 5.41) is 3.49. The van der Waals surface area contributed by atoms with Gasteiger partial charge in [-0.1, -0.05) is 18.2 Å². The van der Waals surface area contributed by atoms with E-state index in [9.17, 15) is 4.39 Å². The highest BCUT2D eigenvalue weighted by Gasteiger charge is 2.21. The second kappa shape index (κ2) is 5.02. The zero-order valence-corrected chi connectivity index (χ0v) is 10.8. The van der Waals surface area contributed by atoms with Crippen molar-refractivity contribution in [3.63, 3.8) is 0 Å². The second-order valence-corrected chi connectivity index (χ2v) is 4.75. The molecule has 19 heavy (non-hydrogen) atoms. The van der Waals surface area contributed by atoms with E-state index >= 15 is 0 Å². The summed E-state index contributed by atoms with van der Waals surface area (Å²) in [5.74, 6) is 0.688. The zero-order chi connectivity index (χ0) is 13.2. The van der Waals surface area contributed by atoms with Gasteiger partial charge in [-0.05, 0) is 47.4 Å². The van der Waals surface area contributed by atoms with E-state index in [-0.39, 0.29) is 11.9 Å². The predicted octanol–water partition coefficient (Wildman–Crippen LogP) is 3.07. The molecule has 0 amide bonds. The number of nitrogens with one attached hydrogen (secondary N) is 1. The van der Waals surface area contributed by atoms with Crippen molar-refractivity contribution in [1.82, 2.24) is 5.32 Å². The molecule has 0 spiro atoms. The maximum absolute atomic E-state index is 13.0. The third kappa shape index (κ3) is 2.34. The minimum atomic E-state index is -0.200. The molecule has 1 unspecified atom stereocenters. The van der Waals surface area contributed by atoms with E-state index < -0.39 is 0 Å². The van der Waals surface area contributed by atoms with Gasteiger partial charge in [0, 0.05) is 6.54 Å². The molecular formula is C16H16FNO. The van der Waals surface area contributed by atoms with Crippen molar-refractivity contribution in [1.29, 1.82) is 0 Å². The Morgan fingerprint density at radius 1 is 1.16 bits per heavy atom. The average molecular weight is 257 g/mol. The molecule has 2 nitrogen and oxygen atoms in total. The minimum Gasteiger partial charge on any atom is -0.497 e. The fourth-order valence-corrected chi connectivity index (χ4v) is 2.62. The van der Waals surface area contributed by atoms with Gasteiger partial charge in [-0.15, -0.1) is 0 Å². The van der Waals surface area contributed by atoms with Gasteiger partial charge in [-0.3, -0.25) is 0 Å². The number of halogens is 1. The molecule has 0 aliphatic carbocycles. The number of hydrogen-bond acceptors (Lipinski definition) is 2. The van der Waals surface area contributed by atoms with Crippen LogP contribution in [0.1, 0.15) is 22.7 Å². The molecule has 0 fully saturated rings. The van der Waals surface area contributed by atoms with Crippen LogP contribution in [0, 0.1) is 5.82 Å². The molecule has 3 heteroatoms. The Kier molecular flexibility index (Phi) is 3.22. The summed E-state index contributed by atoms with van der Waals surface area (Å²) >= 11 is 0. The largest absolute Gasteiger partial charge is 0.497 e. The Labute approximate surface area is 112 Å². The van der Waals surface area contributed by atoms with Crippen LogP contribution in [-0.4, -0.2) is 13.7 Å². The number of methoxy groups -OCH3 is 1. The summed E-state index contributed by atoms with van der Waals surface area (Å²) in [4.78, 5) is 0. The van der Waals surface area contributed by atoms with Gasteiger partial charge >= 0.3 is 0 Å². The number of fused-ring (bicyclic) bond motifs is 1. The van der Waals surface area contributed by atoms with Crippen molar-refractivity contribution < 1.29 is 9.13 Å². The van der Waals surface area contributed by atoms with E-state index in [0.29, 0.717) is 0 Å². The normalized spacial score (nSPS) is 17.9. The Bertz CT molecular complexity index is 580. The summed E-state index contributed by atoms with van der Waals surface area (Å²) in [6.45, 7) is 0.919. The summed E-state index contributed by atoms with van der Waals surface area (Å²) in [7, 11) is 1.68. The molecule has 0 saturated carbocycles. The second-order valence-electron chi connectivity index (χ2n) is 4.75. The van der Waals surface area contributed by atoms with Gasteiger partial charge in [0.15, 0.2) is 0 Å². The lowest BCUT2D eigenvalue weighted by Crippen LogP contribution is -2.30. The van der Waals surface area contributed by atoms with Crippen molar-refractivity contribution in [2.75, 3.05) is 13.7 Å². The van der Waals surface area contributed by atoms with Crippen LogP contribution >= 0.6 is 0 Å². The van der Waals surface area contributed by atoms with Crippen molar-refractivity contribution in [2.24, 2.45) is 0 Å². The van der Waals surface area contributed by atoms with Gasteiger partial charge < -0.3 is 10.1 Å². The van der Waals surface area contributed by atoms with Crippen LogP contribution in [0.5, 0.6) is 5.75 Å². The summed E-state index contributed by atoms with van der Waals surface area (Å²) < 4.78 is 18.3. The molecular weight excluding hydrogens is 241 g/mol. The van der Waals surface area contributed by atoms with Crippen LogP contribution in [0.25, 0.3) is 0 Å². The van der Waals surface area contributed by atoms with Crippen LogP contribution in [0.3, 0.4) is 0 Å². The average Bonchev–Trinajstić information content (AvgIpc) is 2.47. The van der Waals surface area contributed by atoms with Gasteiger partial charge in [-0.25, -0.2) is 4.39 Å². The highest BCUT2D eigenvalue weighted by Crippen LogP contribution is 2.31. The molecule has 2 aromatic carbocycles. The number of ether oxygens (including phenoxy) is 1. The van der Waals surface area contributed by atoms with Crippen molar-refractivity contribution in [2.45, 2.75) is 12.5 Å². The topological polar surface area (TPSA) is 21.3 Å². The number of benzene rings is 2. The molecule has 1 N–H and O–H groups in total. The van der Waals surface area contributed by atoms with E-state index in [1.165, 1.54) is 23.3 Å². The van der Waals surface area contributed by atoms with Crippen LogP contribution < -0.4 is 10.1 Å².